The molecule has 2 nitrogen and oxygen atoms in total. The van der Waals surface area contributed by atoms with Crippen LogP contribution in [0.25, 0.3) is 0 Å². The Morgan fingerprint density at radius 1 is 1.36 bits per heavy atom. The molecule has 0 aromatic carbocycles. The number of rotatable bonds is 2. The number of methoxy groups -OCH3 is 1. The van der Waals surface area contributed by atoms with Gasteiger partial charge in [-0.2, -0.15) is 0 Å². The van der Waals surface area contributed by atoms with Gasteiger partial charge in [-0.05, 0) is 33.6 Å². The average Bonchev–Trinajstić information content (AvgIpc) is 2.36. The van der Waals surface area contributed by atoms with Gasteiger partial charge in [0.25, 0.3) is 0 Å². The molecule has 0 aromatic rings. The first kappa shape index (κ1) is 9.01. The Morgan fingerprint density at radius 3 is 2.36 bits per heavy atom. The molecule has 1 saturated heterocycles. The van der Waals surface area contributed by atoms with Gasteiger partial charge in [-0.3, -0.25) is 0 Å². The van der Waals surface area contributed by atoms with Crippen LogP contribution in [0.5, 0.6) is 0 Å². The van der Waals surface area contributed by atoms with E-state index in [0.29, 0.717) is 6.10 Å². The molecule has 0 aliphatic carbocycles. The van der Waals surface area contributed by atoms with Crippen molar-refractivity contribution in [2.24, 2.45) is 0 Å². The van der Waals surface area contributed by atoms with Crippen LogP contribution in [0.2, 0.25) is 0 Å². The Morgan fingerprint density at radius 2 is 2.00 bits per heavy atom. The van der Waals surface area contributed by atoms with Crippen LogP contribution >= 0.6 is 0 Å². The van der Waals surface area contributed by atoms with Crippen molar-refractivity contribution in [1.29, 1.82) is 0 Å². The van der Waals surface area contributed by atoms with E-state index in [0.717, 1.165) is 12.8 Å². The highest BCUT2D eigenvalue weighted by Crippen LogP contribution is 2.29. The second-order valence-electron chi connectivity index (χ2n) is 3.82. The fraction of sp³-hybridized carbons (Fsp3) is 1.00. The largest absolute Gasteiger partial charge is 0.376 e. The quantitative estimate of drug-likeness (QED) is 0.611. The second kappa shape index (κ2) is 3.11. The van der Waals surface area contributed by atoms with Crippen molar-refractivity contribution < 1.29 is 9.47 Å². The highest BCUT2D eigenvalue weighted by atomic mass is 16.6. The summed E-state index contributed by atoms with van der Waals surface area (Å²) in [4.78, 5) is 0. The van der Waals surface area contributed by atoms with Crippen LogP contribution in [0.15, 0.2) is 0 Å². The molecular formula is C9H18O2. The third-order valence-corrected chi connectivity index (χ3v) is 2.53. The summed E-state index contributed by atoms with van der Waals surface area (Å²) in [6.07, 6.45) is 2.98. The predicted octanol–water partition coefficient (Wildman–Crippen LogP) is 1.98. The summed E-state index contributed by atoms with van der Waals surface area (Å²) < 4.78 is 11.0. The Hall–Kier alpha value is -0.0800. The van der Waals surface area contributed by atoms with Gasteiger partial charge in [0, 0.05) is 7.11 Å². The second-order valence-corrected chi connectivity index (χ2v) is 3.82. The Balaban J connectivity index is 2.48. The van der Waals surface area contributed by atoms with Gasteiger partial charge in [-0.15, -0.1) is 0 Å². The third kappa shape index (κ3) is 1.94. The monoisotopic (exact) mass is 158 g/mol. The van der Waals surface area contributed by atoms with Crippen molar-refractivity contribution in [3.05, 3.63) is 0 Å². The minimum absolute atomic E-state index is 0.120. The Kier molecular flexibility index (Phi) is 2.55. The highest BCUT2D eigenvalue weighted by molar-refractivity contribution is 4.85. The fourth-order valence-corrected chi connectivity index (χ4v) is 1.45. The van der Waals surface area contributed by atoms with E-state index in [1.807, 2.05) is 0 Å². The smallest absolute Gasteiger partial charge is 0.0883 e. The third-order valence-electron chi connectivity index (χ3n) is 2.53. The van der Waals surface area contributed by atoms with Gasteiger partial charge in [0.05, 0.1) is 17.8 Å². The lowest BCUT2D eigenvalue weighted by Crippen LogP contribution is -2.37. The molecule has 66 valence electrons. The van der Waals surface area contributed by atoms with Crippen LogP contribution < -0.4 is 0 Å². The van der Waals surface area contributed by atoms with E-state index >= 15 is 0 Å². The van der Waals surface area contributed by atoms with Crippen molar-refractivity contribution in [1.82, 2.24) is 0 Å². The summed E-state index contributed by atoms with van der Waals surface area (Å²) >= 11 is 0. The molecule has 2 unspecified atom stereocenters. The van der Waals surface area contributed by atoms with E-state index in [1.54, 1.807) is 7.11 Å². The summed E-state index contributed by atoms with van der Waals surface area (Å²) in [6.45, 7) is 6.27. The summed E-state index contributed by atoms with van der Waals surface area (Å²) in [5.74, 6) is 0. The molecule has 2 heteroatoms. The Labute approximate surface area is 68.9 Å². The molecule has 0 N–H and O–H groups in total. The lowest BCUT2D eigenvalue weighted by Gasteiger charge is -2.29. The number of ether oxygens (including phenoxy) is 2. The lowest BCUT2D eigenvalue weighted by molar-refractivity contribution is -0.101. The van der Waals surface area contributed by atoms with E-state index in [9.17, 15) is 0 Å². The van der Waals surface area contributed by atoms with Gasteiger partial charge >= 0.3 is 0 Å². The predicted molar refractivity (Wildman–Crippen MR) is 44.7 cm³/mol. The van der Waals surface area contributed by atoms with E-state index in [4.69, 9.17) is 9.47 Å². The van der Waals surface area contributed by atoms with E-state index in [1.165, 1.54) is 0 Å². The summed E-state index contributed by atoms with van der Waals surface area (Å²) in [7, 11) is 1.74. The average molecular weight is 158 g/mol. The maximum absolute atomic E-state index is 5.69. The van der Waals surface area contributed by atoms with Gasteiger partial charge in [-0.1, -0.05) is 0 Å². The zero-order valence-electron chi connectivity index (χ0n) is 7.89. The molecule has 1 fully saturated rings. The zero-order valence-corrected chi connectivity index (χ0v) is 7.89. The zero-order chi connectivity index (χ0) is 8.48. The molecule has 2 atom stereocenters. The first-order chi connectivity index (χ1) is 5.06. The summed E-state index contributed by atoms with van der Waals surface area (Å²) in [6, 6.07) is 0. The Bertz CT molecular complexity index is 132. The molecule has 1 heterocycles. The molecule has 0 saturated carbocycles. The van der Waals surface area contributed by atoms with Crippen molar-refractivity contribution in [2.75, 3.05) is 7.11 Å². The minimum Gasteiger partial charge on any atom is -0.376 e. The summed E-state index contributed by atoms with van der Waals surface area (Å²) in [5, 5.41) is 0. The first-order valence-corrected chi connectivity index (χ1v) is 4.27. The number of hydrogen-bond donors (Lipinski definition) is 0. The maximum atomic E-state index is 5.69. The van der Waals surface area contributed by atoms with E-state index < -0.39 is 0 Å². The highest BCUT2D eigenvalue weighted by Gasteiger charge is 2.35. The molecule has 1 aliphatic rings. The van der Waals surface area contributed by atoms with Gasteiger partial charge in [0.2, 0.25) is 0 Å². The van der Waals surface area contributed by atoms with Gasteiger partial charge in [0.1, 0.15) is 0 Å². The van der Waals surface area contributed by atoms with Gasteiger partial charge in [-0.25, -0.2) is 0 Å². The van der Waals surface area contributed by atoms with E-state index in [2.05, 4.69) is 20.8 Å². The maximum Gasteiger partial charge on any atom is 0.0883 e. The molecule has 0 amide bonds. The number of hydrogen-bond acceptors (Lipinski definition) is 2. The van der Waals surface area contributed by atoms with Crippen molar-refractivity contribution >= 4 is 0 Å². The van der Waals surface area contributed by atoms with Crippen LogP contribution in [-0.2, 0) is 9.47 Å². The van der Waals surface area contributed by atoms with Crippen molar-refractivity contribution in [3.8, 4) is 0 Å². The molecule has 11 heavy (non-hydrogen) atoms. The standard InChI is InChI=1S/C9H18O2/c1-7-5-6-8(11-7)9(2,3)10-4/h7-8H,5-6H2,1-4H3. The van der Waals surface area contributed by atoms with E-state index in [-0.39, 0.29) is 11.7 Å². The molecule has 1 aliphatic heterocycles. The van der Waals surface area contributed by atoms with Crippen LogP contribution in [0.3, 0.4) is 0 Å². The molecule has 0 aromatic heterocycles. The molecule has 0 bridgehead atoms. The van der Waals surface area contributed by atoms with Crippen LogP contribution in [0.1, 0.15) is 33.6 Å². The van der Waals surface area contributed by atoms with Gasteiger partial charge < -0.3 is 9.47 Å². The van der Waals surface area contributed by atoms with Crippen molar-refractivity contribution in [2.45, 2.75) is 51.4 Å². The molecular weight excluding hydrogens is 140 g/mol. The minimum atomic E-state index is -0.120. The normalized spacial score (nSPS) is 32.7. The van der Waals surface area contributed by atoms with Crippen molar-refractivity contribution in [3.63, 3.8) is 0 Å². The first-order valence-electron chi connectivity index (χ1n) is 4.27. The topological polar surface area (TPSA) is 18.5 Å². The van der Waals surface area contributed by atoms with Gasteiger partial charge in [0.15, 0.2) is 0 Å². The molecule has 0 radical (unpaired) electrons. The lowest BCUT2D eigenvalue weighted by atomic mass is 9.99. The van der Waals surface area contributed by atoms with Crippen LogP contribution in [-0.4, -0.2) is 24.9 Å². The SMILES string of the molecule is COC(C)(C)C1CCC(C)O1. The molecule has 1 rings (SSSR count). The fourth-order valence-electron chi connectivity index (χ4n) is 1.45. The summed E-state index contributed by atoms with van der Waals surface area (Å²) in [5.41, 5.74) is -0.120. The van der Waals surface area contributed by atoms with Crippen LogP contribution in [0.4, 0.5) is 0 Å². The molecule has 0 spiro atoms. The van der Waals surface area contributed by atoms with Crippen LogP contribution in [0, 0.1) is 0 Å².